The standard InChI is InChI=1S/C21H20N4O2/c1-22-18(26)13-25-17-11-4-3-9-15(17)21(27)24(2)20(25)16-10-5-7-14-8-6-12-23-19(14)16/h3-12,20H,13H2,1-2H3,(H,22,26)/t20-/m1/s1. The number of amides is 2. The third-order valence-corrected chi connectivity index (χ3v) is 4.96. The second kappa shape index (κ2) is 6.72. The summed E-state index contributed by atoms with van der Waals surface area (Å²) in [6.07, 6.45) is 1.32. The van der Waals surface area contributed by atoms with Crippen LogP contribution in [-0.4, -0.2) is 42.3 Å². The van der Waals surface area contributed by atoms with Crippen molar-refractivity contribution in [3.63, 3.8) is 0 Å². The van der Waals surface area contributed by atoms with Gasteiger partial charge in [-0.1, -0.05) is 36.4 Å². The van der Waals surface area contributed by atoms with Gasteiger partial charge in [0.05, 0.1) is 23.3 Å². The Morgan fingerprint density at radius 3 is 2.70 bits per heavy atom. The molecule has 6 heteroatoms. The van der Waals surface area contributed by atoms with Crippen LogP contribution in [0.4, 0.5) is 5.69 Å². The van der Waals surface area contributed by atoms with Gasteiger partial charge in [-0.2, -0.15) is 0 Å². The van der Waals surface area contributed by atoms with Crippen LogP contribution in [0.25, 0.3) is 10.9 Å². The van der Waals surface area contributed by atoms with E-state index in [0.717, 1.165) is 22.2 Å². The summed E-state index contributed by atoms with van der Waals surface area (Å²) in [4.78, 5) is 33.4. The summed E-state index contributed by atoms with van der Waals surface area (Å²) in [5.74, 6) is -0.192. The fraction of sp³-hybridized carbons (Fsp3) is 0.190. The van der Waals surface area contributed by atoms with E-state index in [4.69, 9.17) is 0 Å². The number of pyridine rings is 1. The molecule has 0 radical (unpaired) electrons. The molecule has 0 spiro atoms. The topological polar surface area (TPSA) is 65.5 Å². The van der Waals surface area contributed by atoms with Crippen LogP contribution in [-0.2, 0) is 4.79 Å². The SMILES string of the molecule is CNC(=O)CN1c2ccccc2C(=O)N(C)[C@H]1c1cccc2cccnc12. The van der Waals surface area contributed by atoms with Crippen LogP contribution in [0, 0.1) is 0 Å². The lowest BCUT2D eigenvalue weighted by Crippen LogP contribution is -2.50. The molecule has 3 aromatic rings. The van der Waals surface area contributed by atoms with Crippen molar-refractivity contribution in [1.29, 1.82) is 0 Å². The first-order valence-electron chi connectivity index (χ1n) is 8.79. The number of hydrogen-bond donors (Lipinski definition) is 1. The summed E-state index contributed by atoms with van der Waals surface area (Å²) < 4.78 is 0. The minimum Gasteiger partial charge on any atom is -0.358 e. The molecule has 0 unspecified atom stereocenters. The van der Waals surface area contributed by atoms with Gasteiger partial charge in [-0.05, 0) is 18.2 Å². The zero-order chi connectivity index (χ0) is 19.0. The summed E-state index contributed by atoms with van der Waals surface area (Å²) in [7, 11) is 3.38. The fourth-order valence-electron chi connectivity index (χ4n) is 3.66. The number of rotatable bonds is 3. The third-order valence-electron chi connectivity index (χ3n) is 4.96. The van der Waals surface area contributed by atoms with Crippen LogP contribution >= 0.6 is 0 Å². The van der Waals surface area contributed by atoms with Gasteiger partial charge >= 0.3 is 0 Å². The Morgan fingerprint density at radius 2 is 1.89 bits per heavy atom. The highest BCUT2D eigenvalue weighted by molar-refractivity contribution is 6.03. The molecule has 0 fully saturated rings. The van der Waals surface area contributed by atoms with Gasteiger partial charge in [0.15, 0.2) is 0 Å². The third kappa shape index (κ3) is 2.79. The van der Waals surface area contributed by atoms with Crippen LogP contribution in [0.15, 0.2) is 60.8 Å². The van der Waals surface area contributed by atoms with Crippen LogP contribution in [0.3, 0.4) is 0 Å². The molecule has 0 aliphatic carbocycles. The van der Waals surface area contributed by atoms with E-state index in [0.29, 0.717) is 5.56 Å². The maximum Gasteiger partial charge on any atom is 0.257 e. The molecule has 2 amide bonds. The largest absolute Gasteiger partial charge is 0.358 e. The molecule has 6 nitrogen and oxygen atoms in total. The number of nitrogens with one attached hydrogen (secondary N) is 1. The highest BCUT2D eigenvalue weighted by atomic mass is 16.2. The van der Waals surface area contributed by atoms with Gasteiger partial charge in [0, 0.05) is 31.2 Å². The second-order valence-electron chi connectivity index (χ2n) is 6.53. The molecule has 1 N–H and O–H groups in total. The number of likely N-dealkylation sites (N-methyl/N-ethyl adjacent to an activating group) is 1. The minimum absolute atomic E-state index is 0.0725. The Hall–Kier alpha value is -3.41. The van der Waals surface area contributed by atoms with Crippen molar-refractivity contribution in [2.75, 3.05) is 25.5 Å². The lowest BCUT2D eigenvalue weighted by molar-refractivity contribution is -0.119. The van der Waals surface area contributed by atoms with Crippen LogP contribution in [0.5, 0.6) is 0 Å². The molecule has 4 rings (SSSR count). The Bertz CT molecular complexity index is 1030. The van der Waals surface area contributed by atoms with E-state index in [1.807, 2.05) is 53.4 Å². The maximum absolute atomic E-state index is 13.0. The van der Waals surface area contributed by atoms with E-state index in [9.17, 15) is 9.59 Å². The Labute approximate surface area is 157 Å². The van der Waals surface area contributed by atoms with Gasteiger partial charge in [0.25, 0.3) is 5.91 Å². The minimum atomic E-state index is -0.428. The lowest BCUT2D eigenvalue weighted by Gasteiger charge is -2.44. The van der Waals surface area contributed by atoms with Gasteiger partial charge in [0.2, 0.25) is 5.91 Å². The van der Waals surface area contributed by atoms with Gasteiger partial charge < -0.3 is 15.1 Å². The number of aromatic nitrogens is 1. The van der Waals surface area contributed by atoms with Gasteiger partial charge in [0.1, 0.15) is 6.17 Å². The zero-order valence-corrected chi connectivity index (χ0v) is 15.2. The molecule has 2 heterocycles. The smallest absolute Gasteiger partial charge is 0.257 e. The summed E-state index contributed by atoms with van der Waals surface area (Å²) in [5.41, 5.74) is 3.06. The number of nitrogens with zero attached hydrogens (tertiary/aromatic N) is 3. The number of benzene rings is 2. The molecule has 0 saturated heterocycles. The Balaban J connectivity index is 1.93. The fourth-order valence-corrected chi connectivity index (χ4v) is 3.66. The van der Waals surface area contributed by atoms with Crippen LogP contribution in [0.1, 0.15) is 22.1 Å². The predicted octanol–water partition coefficient (Wildman–Crippen LogP) is 2.57. The summed E-state index contributed by atoms with van der Waals surface area (Å²) in [5, 5.41) is 3.67. The van der Waals surface area contributed by atoms with E-state index in [1.165, 1.54) is 0 Å². The average molecular weight is 360 g/mol. The van der Waals surface area contributed by atoms with E-state index >= 15 is 0 Å². The van der Waals surface area contributed by atoms with Crippen LogP contribution < -0.4 is 10.2 Å². The number of hydrogen-bond acceptors (Lipinski definition) is 4. The van der Waals surface area contributed by atoms with Gasteiger partial charge in [-0.15, -0.1) is 0 Å². The summed E-state index contributed by atoms with van der Waals surface area (Å²) >= 11 is 0. The van der Waals surface area contributed by atoms with E-state index in [-0.39, 0.29) is 18.4 Å². The summed E-state index contributed by atoms with van der Waals surface area (Å²) in [6.45, 7) is 0.138. The monoisotopic (exact) mass is 360 g/mol. The average Bonchev–Trinajstić information content (AvgIpc) is 2.71. The summed E-state index contributed by atoms with van der Waals surface area (Å²) in [6, 6.07) is 17.2. The van der Waals surface area contributed by atoms with Gasteiger partial charge in [-0.25, -0.2) is 0 Å². The van der Waals surface area contributed by atoms with E-state index in [1.54, 1.807) is 31.3 Å². The molecular formula is C21H20N4O2. The molecule has 27 heavy (non-hydrogen) atoms. The molecule has 1 aromatic heterocycles. The number of carbonyl (C=O) groups excluding carboxylic acids is 2. The highest BCUT2D eigenvalue weighted by Crippen LogP contribution is 2.39. The highest BCUT2D eigenvalue weighted by Gasteiger charge is 2.37. The molecule has 1 aliphatic heterocycles. The van der Waals surface area contributed by atoms with Crippen molar-refractivity contribution in [3.05, 3.63) is 71.9 Å². The lowest BCUT2D eigenvalue weighted by atomic mass is 9.99. The molecule has 1 atom stereocenters. The quantitative estimate of drug-likeness (QED) is 0.780. The Morgan fingerprint density at radius 1 is 1.11 bits per heavy atom. The van der Waals surface area contributed by atoms with Crippen molar-refractivity contribution < 1.29 is 9.59 Å². The first-order valence-corrected chi connectivity index (χ1v) is 8.79. The van der Waals surface area contributed by atoms with Crippen molar-refractivity contribution in [1.82, 2.24) is 15.2 Å². The van der Waals surface area contributed by atoms with E-state index < -0.39 is 6.17 Å². The number of para-hydroxylation sites is 2. The normalized spacial score (nSPS) is 16.4. The molecular weight excluding hydrogens is 340 g/mol. The Kier molecular flexibility index (Phi) is 4.24. The zero-order valence-electron chi connectivity index (χ0n) is 15.2. The number of carbonyl (C=O) groups is 2. The van der Waals surface area contributed by atoms with Crippen molar-refractivity contribution in [2.24, 2.45) is 0 Å². The molecule has 136 valence electrons. The van der Waals surface area contributed by atoms with Crippen molar-refractivity contribution in [2.45, 2.75) is 6.17 Å². The van der Waals surface area contributed by atoms with Crippen LogP contribution in [0.2, 0.25) is 0 Å². The van der Waals surface area contributed by atoms with Crippen molar-refractivity contribution >= 4 is 28.4 Å². The second-order valence-corrected chi connectivity index (χ2v) is 6.53. The molecule has 0 bridgehead atoms. The molecule has 1 aliphatic rings. The van der Waals surface area contributed by atoms with E-state index in [2.05, 4.69) is 10.3 Å². The first-order chi connectivity index (χ1) is 13.1. The molecule has 0 saturated carbocycles. The number of anilines is 1. The predicted molar refractivity (Wildman–Crippen MR) is 104 cm³/mol. The van der Waals surface area contributed by atoms with Gasteiger partial charge in [-0.3, -0.25) is 14.6 Å². The first kappa shape index (κ1) is 17.0. The maximum atomic E-state index is 13.0. The number of fused-ring (bicyclic) bond motifs is 2. The van der Waals surface area contributed by atoms with Crippen molar-refractivity contribution in [3.8, 4) is 0 Å². The molecule has 2 aromatic carbocycles.